The Morgan fingerprint density at radius 2 is 2.17 bits per heavy atom. The highest BCUT2D eigenvalue weighted by atomic mass is 16.2. The Balaban J connectivity index is 1.32. The van der Waals surface area contributed by atoms with Crippen molar-refractivity contribution in [3.8, 4) is 0 Å². The van der Waals surface area contributed by atoms with Crippen LogP contribution in [0.4, 0.5) is 0 Å². The molecule has 1 saturated heterocycles. The fraction of sp³-hybridized carbons (Fsp3) is 0.412. The monoisotopic (exact) mass is 322 g/mol. The van der Waals surface area contributed by atoms with Gasteiger partial charge in [-0.25, -0.2) is 9.67 Å². The van der Waals surface area contributed by atoms with E-state index in [0.717, 1.165) is 29.7 Å². The molecule has 0 radical (unpaired) electrons. The third kappa shape index (κ3) is 2.28. The molecule has 0 bridgehead atoms. The number of fused-ring (bicyclic) bond motifs is 1. The Morgan fingerprint density at radius 3 is 3.04 bits per heavy atom. The Labute approximate surface area is 138 Å². The van der Waals surface area contributed by atoms with E-state index in [1.165, 1.54) is 12.8 Å². The van der Waals surface area contributed by atoms with Gasteiger partial charge < -0.3 is 9.88 Å². The van der Waals surface area contributed by atoms with Crippen molar-refractivity contribution in [2.75, 3.05) is 13.1 Å². The first-order valence-electron chi connectivity index (χ1n) is 8.42. The minimum absolute atomic E-state index is 0.0662. The van der Waals surface area contributed by atoms with Crippen LogP contribution < -0.4 is 0 Å². The molecule has 2 aliphatic rings. The molecule has 1 aliphatic carbocycles. The lowest BCUT2D eigenvalue weighted by Crippen LogP contribution is -2.29. The summed E-state index contributed by atoms with van der Waals surface area (Å²) in [6.45, 7) is 1.44. The minimum atomic E-state index is 0.0662. The summed E-state index contributed by atoms with van der Waals surface area (Å²) in [5.74, 6) is 0.676. The Bertz CT molecular complexity index is 909. The smallest absolute Gasteiger partial charge is 0.254 e. The molecule has 7 heteroatoms. The number of carbonyl (C=O) groups excluding carboxylic acids is 1. The van der Waals surface area contributed by atoms with Gasteiger partial charge in [0.25, 0.3) is 5.91 Å². The second kappa shape index (κ2) is 5.15. The van der Waals surface area contributed by atoms with Crippen molar-refractivity contribution in [3.05, 3.63) is 42.0 Å². The molecular formula is C17H18N6O. The number of rotatable bonds is 3. The van der Waals surface area contributed by atoms with E-state index in [1.54, 1.807) is 6.33 Å². The number of benzene rings is 1. The number of nitrogens with zero attached hydrogens (tertiary/aromatic N) is 5. The largest absolute Gasteiger partial charge is 0.345 e. The molecule has 122 valence electrons. The standard InChI is InChI=1S/C17H18N6O/c24-17(12-3-4-14-15(7-12)19-10-18-14)22-6-5-13(8-22)23-9-16(20-21-23)11-1-2-11/h3-4,7,9-11,13H,1-2,5-6,8H2,(H,18,19)/t13-/m0/s1. The molecule has 1 saturated carbocycles. The Hall–Kier alpha value is -2.70. The van der Waals surface area contributed by atoms with Crippen molar-refractivity contribution in [2.24, 2.45) is 0 Å². The van der Waals surface area contributed by atoms with Gasteiger partial charge in [-0.15, -0.1) is 5.10 Å². The van der Waals surface area contributed by atoms with Crippen LogP contribution in [0.25, 0.3) is 11.0 Å². The number of hydrogen-bond acceptors (Lipinski definition) is 4. The van der Waals surface area contributed by atoms with Gasteiger partial charge in [0.15, 0.2) is 0 Å². The molecule has 0 spiro atoms. The van der Waals surface area contributed by atoms with E-state index >= 15 is 0 Å². The van der Waals surface area contributed by atoms with Crippen LogP contribution in [0.5, 0.6) is 0 Å². The van der Waals surface area contributed by atoms with E-state index in [2.05, 4.69) is 26.5 Å². The fourth-order valence-corrected chi connectivity index (χ4v) is 3.43. The maximum atomic E-state index is 12.8. The van der Waals surface area contributed by atoms with Crippen LogP contribution in [-0.2, 0) is 0 Å². The van der Waals surface area contributed by atoms with Crippen molar-refractivity contribution in [3.63, 3.8) is 0 Å². The highest BCUT2D eigenvalue weighted by Gasteiger charge is 2.31. The van der Waals surface area contributed by atoms with Gasteiger partial charge in [0.05, 0.1) is 29.1 Å². The van der Waals surface area contributed by atoms with Gasteiger partial charge in [-0.3, -0.25) is 4.79 Å². The molecule has 24 heavy (non-hydrogen) atoms. The van der Waals surface area contributed by atoms with Crippen LogP contribution in [0.1, 0.15) is 47.3 Å². The summed E-state index contributed by atoms with van der Waals surface area (Å²) < 4.78 is 1.94. The van der Waals surface area contributed by atoms with E-state index < -0.39 is 0 Å². The summed E-state index contributed by atoms with van der Waals surface area (Å²) in [7, 11) is 0. The maximum absolute atomic E-state index is 12.8. The maximum Gasteiger partial charge on any atom is 0.254 e. The Kier molecular flexibility index (Phi) is 2.95. The second-order valence-electron chi connectivity index (χ2n) is 6.73. The Morgan fingerprint density at radius 1 is 1.25 bits per heavy atom. The van der Waals surface area contributed by atoms with Crippen LogP contribution >= 0.6 is 0 Å². The van der Waals surface area contributed by atoms with Gasteiger partial charge in [0.2, 0.25) is 0 Å². The van der Waals surface area contributed by atoms with Crippen molar-refractivity contribution < 1.29 is 4.79 Å². The number of hydrogen-bond donors (Lipinski definition) is 1. The molecule has 1 amide bonds. The van der Waals surface area contributed by atoms with Gasteiger partial charge in [0.1, 0.15) is 0 Å². The molecule has 1 aliphatic heterocycles. The number of aromatic nitrogens is 5. The number of imidazole rings is 1. The topological polar surface area (TPSA) is 79.7 Å². The first-order valence-corrected chi connectivity index (χ1v) is 8.42. The third-order valence-electron chi connectivity index (χ3n) is 5.02. The zero-order chi connectivity index (χ0) is 16.1. The number of carbonyl (C=O) groups is 1. The molecule has 3 aromatic rings. The van der Waals surface area contributed by atoms with Crippen LogP contribution in [0, 0.1) is 0 Å². The second-order valence-corrected chi connectivity index (χ2v) is 6.73. The van der Waals surface area contributed by atoms with E-state index in [-0.39, 0.29) is 11.9 Å². The molecule has 7 nitrogen and oxygen atoms in total. The number of nitrogens with one attached hydrogen (secondary N) is 1. The molecule has 1 N–H and O–H groups in total. The van der Waals surface area contributed by atoms with Gasteiger partial charge in [0, 0.05) is 30.8 Å². The quantitative estimate of drug-likeness (QED) is 0.801. The average Bonchev–Trinajstić information content (AvgIpc) is 3.06. The third-order valence-corrected chi connectivity index (χ3v) is 5.02. The van der Waals surface area contributed by atoms with E-state index in [1.807, 2.05) is 27.8 Å². The molecule has 3 heterocycles. The predicted molar refractivity (Wildman–Crippen MR) is 87.6 cm³/mol. The zero-order valence-corrected chi connectivity index (χ0v) is 13.2. The normalized spacial score (nSPS) is 20.8. The first-order chi connectivity index (χ1) is 11.8. The summed E-state index contributed by atoms with van der Waals surface area (Å²) in [5.41, 5.74) is 3.57. The lowest BCUT2D eigenvalue weighted by molar-refractivity contribution is 0.0787. The van der Waals surface area contributed by atoms with Crippen LogP contribution in [-0.4, -0.2) is 48.9 Å². The van der Waals surface area contributed by atoms with Crippen LogP contribution in [0.15, 0.2) is 30.7 Å². The van der Waals surface area contributed by atoms with Crippen LogP contribution in [0.2, 0.25) is 0 Å². The van der Waals surface area contributed by atoms with Crippen LogP contribution in [0.3, 0.4) is 0 Å². The van der Waals surface area contributed by atoms with Gasteiger partial charge >= 0.3 is 0 Å². The van der Waals surface area contributed by atoms with Crippen molar-refractivity contribution in [2.45, 2.75) is 31.2 Å². The fourth-order valence-electron chi connectivity index (χ4n) is 3.43. The van der Waals surface area contributed by atoms with Crippen molar-refractivity contribution in [1.82, 2.24) is 29.9 Å². The van der Waals surface area contributed by atoms with Crippen molar-refractivity contribution >= 4 is 16.9 Å². The molecular weight excluding hydrogens is 304 g/mol. The SMILES string of the molecule is O=C(c1ccc2nc[nH]c2c1)N1CC[C@H](n2cc(C3CC3)nn2)C1. The number of amides is 1. The number of H-pyrrole nitrogens is 1. The van der Waals surface area contributed by atoms with Gasteiger partial charge in [-0.2, -0.15) is 0 Å². The average molecular weight is 322 g/mol. The lowest BCUT2D eigenvalue weighted by Gasteiger charge is -2.16. The zero-order valence-electron chi connectivity index (χ0n) is 13.2. The molecule has 1 aromatic carbocycles. The molecule has 1 atom stereocenters. The summed E-state index contributed by atoms with van der Waals surface area (Å²) in [5, 5.41) is 8.55. The lowest BCUT2D eigenvalue weighted by atomic mass is 10.2. The summed E-state index contributed by atoms with van der Waals surface area (Å²) in [6, 6.07) is 5.83. The first kappa shape index (κ1) is 13.7. The molecule has 2 aromatic heterocycles. The summed E-state index contributed by atoms with van der Waals surface area (Å²) >= 11 is 0. The summed E-state index contributed by atoms with van der Waals surface area (Å²) in [6.07, 6.45) is 7.08. The molecule has 0 unspecified atom stereocenters. The summed E-state index contributed by atoms with van der Waals surface area (Å²) in [4.78, 5) is 21.9. The van der Waals surface area contributed by atoms with E-state index in [0.29, 0.717) is 18.0 Å². The van der Waals surface area contributed by atoms with Gasteiger partial charge in [-0.05, 0) is 37.5 Å². The molecule has 2 fully saturated rings. The highest BCUT2D eigenvalue weighted by Crippen LogP contribution is 2.39. The van der Waals surface area contributed by atoms with E-state index in [4.69, 9.17) is 0 Å². The van der Waals surface area contributed by atoms with Crippen molar-refractivity contribution in [1.29, 1.82) is 0 Å². The molecule has 5 rings (SSSR count). The highest BCUT2D eigenvalue weighted by molar-refractivity contribution is 5.97. The minimum Gasteiger partial charge on any atom is -0.345 e. The van der Waals surface area contributed by atoms with E-state index in [9.17, 15) is 4.79 Å². The predicted octanol–water partition coefficient (Wildman–Crippen LogP) is 2.12. The number of likely N-dealkylation sites (tertiary alicyclic amines) is 1. The number of aromatic amines is 1. The van der Waals surface area contributed by atoms with Gasteiger partial charge in [-0.1, -0.05) is 5.21 Å².